The third kappa shape index (κ3) is 5.00. The molecule has 150 valence electrons. The summed E-state index contributed by atoms with van der Waals surface area (Å²) in [5.74, 6) is 2.05. The Hall–Kier alpha value is -3.18. The molecule has 0 aliphatic heterocycles. The van der Waals surface area contributed by atoms with Crippen LogP contribution in [0.15, 0.2) is 60.7 Å². The lowest BCUT2D eigenvalue weighted by molar-refractivity contribution is 0.102. The molecule has 0 spiro atoms. The van der Waals surface area contributed by atoms with Gasteiger partial charge in [-0.05, 0) is 67.9 Å². The smallest absolute Gasteiger partial charge is 0.255 e. The average Bonchev–Trinajstić information content (AvgIpc) is 2.72. The minimum Gasteiger partial charge on any atom is -0.494 e. The predicted octanol–water partition coefficient (Wildman–Crippen LogP) is 6.10. The topological polar surface area (TPSA) is 56.8 Å². The van der Waals surface area contributed by atoms with E-state index in [2.05, 4.69) is 5.32 Å². The van der Waals surface area contributed by atoms with E-state index in [1.54, 1.807) is 55.6 Å². The Balaban J connectivity index is 1.86. The first-order valence-corrected chi connectivity index (χ1v) is 9.55. The van der Waals surface area contributed by atoms with Gasteiger partial charge < -0.3 is 19.5 Å². The first-order valence-electron chi connectivity index (χ1n) is 9.17. The number of benzene rings is 3. The molecular formula is C23H22ClNO4. The van der Waals surface area contributed by atoms with Gasteiger partial charge in [-0.1, -0.05) is 23.7 Å². The number of hydrogen-bond acceptors (Lipinski definition) is 4. The Labute approximate surface area is 175 Å². The Morgan fingerprint density at radius 3 is 2.38 bits per heavy atom. The average molecular weight is 412 g/mol. The van der Waals surface area contributed by atoms with Gasteiger partial charge in [0.05, 0.1) is 19.4 Å². The molecule has 3 aromatic carbocycles. The number of hydrogen-bond donors (Lipinski definition) is 1. The standard InChI is InChI=1S/C23H22ClNO4/c1-4-28-19-11-9-16(13-15(19)2)23(26)25-18-14-17(24)10-12-20(18)29-22-8-6-5-7-21(22)27-3/h5-14H,4H2,1-3H3,(H,25,26). The summed E-state index contributed by atoms with van der Waals surface area (Å²) < 4.78 is 16.8. The second-order valence-electron chi connectivity index (χ2n) is 6.26. The Morgan fingerprint density at radius 1 is 0.966 bits per heavy atom. The van der Waals surface area contributed by atoms with Crippen molar-refractivity contribution in [3.8, 4) is 23.0 Å². The lowest BCUT2D eigenvalue weighted by Crippen LogP contribution is -2.13. The van der Waals surface area contributed by atoms with Gasteiger partial charge in [0.25, 0.3) is 5.91 Å². The molecule has 0 saturated carbocycles. The quantitative estimate of drug-likeness (QED) is 0.510. The van der Waals surface area contributed by atoms with Gasteiger partial charge in [-0.15, -0.1) is 0 Å². The number of rotatable bonds is 7. The summed E-state index contributed by atoms with van der Waals surface area (Å²) in [4.78, 5) is 12.8. The number of halogens is 1. The third-order valence-corrected chi connectivity index (χ3v) is 4.45. The van der Waals surface area contributed by atoms with Crippen molar-refractivity contribution in [2.75, 3.05) is 19.0 Å². The van der Waals surface area contributed by atoms with Crippen molar-refractivity contribution >= 4 is 23.2 Å². The number of ether oxygens (including phenoxy) is 3. The van der Waals surface area contributed by atoms with Crippen LogP contribution in [0.3, 0.4) is 0 Å². The second-order valence-corrected chi connectivity index (χ2v) is 6.70. The second kappa shape index (κ2) is 9.34. The Bertz CT molecular complexity index is 1020. The summed E-state index contributed by atoms with van der Waals surface area (Å²) >= 11 is 6.14. The van der Waals surface area contributed by atoms with Crippen molar-refractivity contribution in [1.82, 2.24) is 0 Å². The van der Waals surface area contributed by atoms with Crippen molar-refractivity contribution in [2.24, 2.45) is 0 Å². The summed E-state index contributed by atoms with van der Waals surface area (Å²) in [6, 6.07) is 17.6. The molecule has 0 saturated heterocycles. The minimum absolute atomic E-state index is 0.275. The van der Waals surface area contributed by atoms with Crippen LogP contribution in [0, 0.1) is 6.92 Å². The van der Waals surface area contributed by atoms with Crippen molar-refractivity contribution in [1.29, 1.82) is 0 Å². The van der Waals surface area contributed by atoms with Gasteiger partial charge in [0.15, 0.2) is 17.2 Å². The number of carbonyl (C=O) groups is 1. The van der Waals surface area contributed by atoms with Gasteiger partial charge in [-0.2, -0.15) is 0 Å². The molecule has 1 N–H and O–H groups in total. The summed E-state index contributed by atoms with van der Waals surface area (Å²) in [5, 5.41) is 3.36. The zero-order chi connectivity index (χ0) is 20.8. The van der Waals surface area contributed by atoms with Crippen molar-refractivity contribution < 1.29 is 19.0 Å². The maximum Gasteiger partial charge on any atom is 0.255 e. The van der Waals surface area contributed by atoms with Gasteiger partial charge in [0.1, 0.15) is 5.75 Å². The molecule has 0 atom stereocenters. The number of nitrogens with one attached hydrogen (secondary N) is 1. The van der Waals surface area contributed by atoms with Gasteiger partial charge >= 0.3 is 0 Å². The highest BCUT2D eigenvalue weighted by Gasteiger charge is 2.14. The molecule has 0 bridgehead atoms. The molecule has 6 heteroatoms. The van der Waals surface area contributed by atoms with Crippen LogP contribution >= 0.6 is 11.6 Å². The molecule has 0 fully saturated rings. The van der Waals surface area contributed by atoms with Crippen LogP contribution in [-0.2, 0) is 0 Å². The Kier molecular flexibility index (Phi) is 6.62. The normalized spacial score (nSPS) is 10.3. The van der Waals surface area contributed by atoms with E-state index in [-0.39, 0.29) is 5.91 Å². The van der Waals surface area contributed by atoms with Crippen LogP contribution in [0.5, 0.6) is 23.0 Å². The van der Waals surface area contributed by atoms with E-state index >= 15 is 0 Å². The van der Waals surface area contributed by atoms with Gasteiger partial charge in [0, 0.05) is 10.6 Å². The molecule has 0 aliphatic rings. The molecule has 3 rings (SSSR count). The molecule has 0 radical (unpaired) electrons. The molecule has 1 amide bonds. The van der Waals surface area contributed by atoms with Gasteiger partial charge in [-0.3, -0.25) is 4.79 Å². The van der Waals surface area contributed by atoms with Gasteiger partial charge in [0.2, 0.25) is 0 Å². The van der Waals surface area contributed by atoms with Crippen LogP contribution in [0.2, 0.25) is 5.02 Å². The van der Waals surface area contributed by atoms with Gasteiger partial charge in [-0.25, -0.2) is 0 Å². The summed E-state index contributed by atoms with van der Waals surface area (Å²) in [7, 11) is 1.57. The molecular weight excluding hydrogens is 390 g/mol. The lowest BCUT2D eigenvalue weighted by Gasteiger charge is -2.15. The van der Waals surface area contributed by atoms with E-state index in [0.29, 0.717) is 40.1 Å². The molecule has 29 heavy (non-hydrogen) atoms. The van der Waals surface area contributed by atoms with Crippen LogP contribution in [-0.4, -0.2) is 19.6 Å². The summed E-state index contributed by atoms with van der Waals surface area (Å²) in [6.07, 6.45) is 0. The first kappa shape index (κ1) is 20.6. The monoisotopic (exact) mass is 411 g/mol. The first-order chi connectivity index (χ1) is 14.0. The zero-order valence-electron chi connectivity index (χ0n) is 16.5. The largest absolute Gasteiger partial charge is 0.494 e. The minimum atomic E-state index is -0.275. The molecule has 0 unspecified atom stereocenters. The number of methoxy groups -OCH3 is 1. The van der Waals surface area contributed by atoms with Crippen LogP contribution in [0.1, 0.15) is 22.8 Å². The number of aryl methyl sites for hydroxylation is 1. The van der Waals surface area contributed by atoms with E-state index in [4.69, 9.17) is 25.8 Å². The lowest BCUT2D eigenvalue weighted by atomic mass is 10.1. The number of amides is 1. The zero-order valence-corrected chi connectivity index (χ0v) is 17.2. The molecule has 0 aliphatic carbocycles. The maximum absolute atomic E-state index is 12.8. The van der Waals surface area contributed by atoms with Crippen molar-refractivity contribution in [3.05, 3.63) is 76.8 Å². The van der Waals surface area contributed by atoms with Crippen LogP contribution in [0.25, 0.3) is 0 Å². The van der Waals surface area contributed by atoms with Crippen LogP contribution < -0.4 is 19.5 Å². The number of anilines is 1. The van der Waals surface area contributed by atoms with E-state index in [1.165, 1.54) is 0 Å². The van der Waals surface area contributed by atoms with E-state index < -0.39 is 0 Å². The van der Waals surface area contributed by atoms with E-state index in [1.807, 2.05) is 26.0 Å². The highest BCUT2D eigenvalue weighted by Crippen LogP contribution is 2.36. The number of carbonyl (C=O) groups excluding carboxylic acids is 1. The highest BCUT2D eigenvalue weighted by atomic mass is 35.5. The fraction of sp³-hybridized carbons (Fsp3) is 0.174. The fourth-order valence-electron chi connectivity index (χ4n) is 2.81. The Morgan fingerprint density at radius 2 is 1.69 bits per heavy atom. The molecule has 3 aromatic rings. The molecule has 5 nitrogen and oxygen atoms in total. The fourth-order valence-corrected chi connectivity index (χ4v) is 2.99. The van der Waals surface area contributed by atoms with Crippen molar-refractivity contribution in [2.45, 2.75) is 13.8 Å². The molecule has 0 heterocycles. The molecule has 0 aromatic heterocycles. The predicted molar refractivity (Wildman–Crippen MR) is 115 cm³/mol. The highest BCUT2D eigenvalue weighted by molar-refractivity contribution is 6.31. The van der Waals surface area contributed by atoms with E-state index in [0.717, 1.165) is 11.3 Å². The van der Waals surface area contributed by atoms with Crippen molar-refractivity contribution in [3.63, 3.8) is 0 Å². The summed E-state index contributed by atoms with van der Waals surface area (Å²) in [6.45, 7) is 4.39. The van der Waals surface area contributed by atoms with E-state index in [9.17, 15) is 4.79 Å². The van der Waals surface area contributed by atoms with Crippen LogP contribution in [0.4, 0.5) is 5.69 Å². The maximum atomic E-state index is 12.8. The summed E-state index contributed by atoms with van der Waals surface area (Å²) in [5.41, 5.74) is 1.85. The SMILES string of the molecule is CCOc1ccc(C(=O)Nc2cc(Cl)ccc2Oc2ccccc2OC)cc1C. The third-order valence-electron chi connectivity index (χ3n) is 4.22. The number of para-hydroxylation sites is 2.